The molecule has 0 aromatic heterocycles. The summed E-state index contributed by atoms with van der Waals surface area (Å²) >= 11 is 0. The van der Waals surface area contributed by atoms with Crippen LogP contribution in [0, 0.1) is 11.3 Å². The number of allylic oxidation sites excluding steroid dienone is 1. The minimum Gasteiger partial charge on any atom is -0.461 e. The van der Waals surface area contributed by atoms with Crippen molar-refractivity contribution in [3.05, 3.63) is 54.3 Å². The molecule has 0 aliphatic carbocycles. The normalized spacial score (nSPS) is 21.7. The third kappa shape index (κ3) is 11.1. The van der Waals surface area contributed by atoms with Crippen LogP contribution in [0.1, 0.15) is 52.5 Å². The van der Waals surface area contributed by atoms with E-state index in [4.69, 9.17) is 14.2 Å². The zero-order valence-corrected chi connectivity index (χ0v) is 27.6. The maximum atomic E-state index is 12.9. The molecule has 5 N–H and O–H groups in total. The average molecular weight is 672 g/mol. The largest absolute Gasteiger partial charge is 0.461 e. The number of ether oxygens (including phenoxy) is 3. The van der Waals surface area contributed by atoms with Gasteiger partial charge in [-0.05, 0) is 50.6 Å². The Balaban J connectivity index is 1.57. The van der Waals surface area contributed by atoms with Gasteiger partial charge in [-0.3, -0.25) is 24.0 Å². The van der Waals surface area contributed by atoms with E-state index in [1.165, 1.54) is 17.0 Å². The Bertz CT molecular complexity index is 1410. The molecule has 3 rings (SSSR count). The number of nitrogens with zero attached hydrogens (tertiary/aromatic N) is 1. The van der Waals surface area contributed by atoms with Crippen LogP contribution < -0.4 is 15.4 Å². The van der Waals surface area contributed by atoms with Gasteiger partial charge in [0.2, 0.25) is 18.1 Å². The molecule has 14 heteroatoms. The van der Waals surface area contributed by atoms with Crippen molar-refractivity contribution >= 4 is 41.2 Å². The monoisotopic (exact) mass is 671 g/mol. The predicted molar refractivity (Wildman–Crippen MR) is 174 cm³/mol. The topological polar surface area (TPSA) is 201 Å². The average Bonchev–Trinajstić information content (AvgIpc) is 3.34. The molecular formula is C34H45N3O11. The number of nitrogens with one attached hydrogen (secondary N) is 2. The Morgan fingerprint density at radius 3 is 2.52 bits per heavy atom. The van der Waals surface area contributed by atoms with Crippen LogP contribution in [0.3, 0.4) is 0 Å². The fourth-order valence-electron chi connectivity index (χ4n) is 4.59. The van der Waals surface area contributed by atoms with Gasteiger partial charge in [-0.25, -0.2) is 0 Å². The molecule has 0 saturated carbocycles. The lowest BCUT2D eigenvalue weighted by atomic mass is 9.97. The van der Waals surface area contributed by atoms with Crippen molar-refractivity contribution < 1.29 is 53.5 Å². The summed E-state index contributed by atoms with van der Waals surface area (Å²) in [5.74, 6) is -2.26. The molecule has 1 fully saturated rings. The summed E-state index contributed by atoms with van der Waals surface area (Å²) in [6.07, 6.45) is 0.442. The number of carbonyl (C=O) groups is 5. The third-order valence-electron chi connectivity index (χ3n) is 7.49. The van der Waals surface area contributed by atoms with Crippen LogP contribution in [0.15, 0.2) is 48.7 Å². The number of carbonyl (C=O) groups excluding carboxylic acids is 5. The number of anilines is 1. The molecular weight excluding hydrogens is 626 g/mol. The van der Waals surface area contributed by atoms with E-state index in [1.54, 1.807) is 58.1 Å². The van der Waals surface area contributed by atoms with Crippen LogP contribution in [-0.4, -0.2) is 101 Å². The summed E-state index contributed by atoms with van der Waals surface area (Å²) in [5, 5.41) is 35.5. The van der Waals surface area contributed by atoms with Gasteiger partial charge in [0.05, 0.1) is 17.7 Å². The van der Waals surface area contributed by atoms with Gasteiger partial charge in [0.25, 0.3) is 5.91 Å². The van der Waals surface area contributed by atoms with Crippen LogP contribution in [0.25, 0.3) is 6.08 Å². The molecule has 1 aromatic rings. The highest BCUT2D eigenvalue weighted by atomic mass is 16.7. The Labute approximate surface area is 279 Å². The van der Waals surface area contributed by atoms with Gasteiger partial charge in [0, 0.05) is 50.0 Å². The van der Waals surface area contributed by atoms with Gasteiger partial charge in [-0.1, -0.05) is 25.6 Å². The van der Waals surface area contributed by atoms with E-state index < -0.39 is 47.7 Å². The second-order valence-electron chi connectivity index (χ2n) is 12.7. The standard InChI is InChI=1S/C34H45N3O11/c1-20(17-23(38)13-15-37-21(2)8-11-28(37)41)31(44)35-14-12-27(40)36-24-18-22(7-6-16-46-33(45)34(3,4)5)9-10-26(24)48-32-30(43)29(42)25(39)19-47-32/h6-11,18,20,25,29-30,32,39,42-43H,2,12-17,19H2,1,3-5H3,(H,35,44)(H,36,40)/b7-6+/t20-,25-,29+,30-,32+/m1/s1. The van der Waals surface area contributed by atoms with Gasteiger partial charge in [0.15, 0.2) is 0 Å². The first-order valence-corrected chi connectivity index (χ1v) is 15.6. The lowest BCUT2D eigenvalue weighted by Crippen LogP contribution is -2.54. The smallest absolute Gasteiger partial charge is 0.311 e. The molecule has 5 atom stereocenters. The minimum atomic E-state index is -1.57. The van der Waals surface area contributed by atoms with Gasteiger partial charge in [-0.2, -0.15) is 0 Å². The summed E-state index contributed by atoms with van der Waals surface area (Å²) in [5.41, 5.74) is 0.645. The number of aliphatic hydroxyl groups is 3. The highest BCUT2D eigenvalue weighted by Gasteiger charge is 2.39. The molecule has 48 heavy (non-hydrogen) atoms. The summed E-state index contributed by atoms with van der Waals surface area (Å²) < 4.78 is 16.3. The molecule has 3 amide bonds. The second kappa shape index (κ2) is 17.2. The fourth-order valence-corrected chi connectivity index (χ4v) is 4.59. The number of benzene rings is 1. The highest BCUT2D eigenvalue weighted by molar-refractivity contribution is 5.94. The zero-order chi connectivity index (χ0) is 35.6. The van der Waals surface area contributed by atoms with E-state index in [0.717, 1.165) is 0 Å². The first kappa shape index (κ1) is 38.1. The van der Waals surface area contributed by atoms with Gasteiger partial charge in [-0.15, -0.1) is 0 Å². The number of amides is 3. The van der Waals surface area contributed by atoms with Crippen molar-refractivity contribution in [2.24, 2.45) is 11.3 Å². The zero-order valence-electron chi connectivity index (χ0n) is 27.6. The summed E-state index contributed by atoms with van der Waals surface area (Å²) in [6.45, 7) is 10.5. The number of hydrogen-bond donors (Lipinski definition) is 5. The summed E-state index contributed by atoms with van der Waals surface area (Å²) in [7, 11) is 0. The van der Waals surface area contributed by atoms with E-state index in [0.29, 0.717) is 11.3 Å². The second-order valence-corrected chi connectivity index (χ2v) is 12.7. The third-order valence-corrected chi connectivity index (χ3v) is 7.49. The van der Waals surface area contributed by atoms with Crippen LogP contribution in [-0.2, 0) is 33.4 Å². The first-order chi connectivity index (χ1) is 22.6. The fraction of sp³-hybridized carbons (Fsp3) is 0.500. The molecule has 1 aromatic carbocycles. The van der Waals surface area contributed by atoms with Crippen molar-refractivity contribution in [2.75, 3.05) is 31.6 Å². The van der Waals surface area contributed by atoms with E-state index in [9.17, 15) is 39.3 Å². The number of hydrogen-bond acceptors (Lipinski definition) is 11. The van der Waals surface area contributed by atoms with Crippen LogP contribution in [0.2, 0.25) is 0 Å². The maximum absolute atomic E-state index is 12.9. The molecule has 1 saturated heterocycles. The van der Waals surface area contributed by atoms with Crippen molar-refractivity contribution in [3.8, 4) is 5.75 Å². The predicted octanol–water partition coefficient (Wildman–Crippen LogP) is 1.45. The number of ketones is 1. The highest BCUT2D eigenvalue weighted by Crippen LogP contribution is 2.30. The molecule has 2 heterocycles. The molecule has 2 aliphatic heterocycles. The van der Waals surface area contributed by atoms with Crippen LogP contribution in [0.4, 0.5) is 5.69 Å². The van der Waals surface area contributed by atoms with E-state index in [2.05, 4.69) is 17.2 Å². The molecule has 0 unspecified atom stereocenters. The lowest BCUT2D eigenvalue weighted by molar-refractivity contribution is -0.241. The molecule has 2 aliphatic rings. The minimum absolute atomic E-state index is 0.0213. The number of esters is 1. The van der Waals surface area contributed by atoms with Crippen LogP contribution in [0.5, 0.6) is 5.75 Å². The Hall–Kier alpha value is -4.37. The number of aliphatic hydroxyl groups excluding tert-OH is 3. The molecule has 0 bridgehead atoms. The van der Waals surface area contributed by atoms with Crippen LogP contribution >= 0.6 is 0 Å². The van der Waals surface area contributed by atoms with Crippen molar-refractivity contribution in [1.82, 2.24) is 10.2 Å². The first-order valence-electron chi connectivity index (χ1n) is 15.6. The number of rotatable bonds is 15. The van der Waals surface area contributed by atoms with Crippen molar-refractivity contribution in [3.63, 3.8) is 0 Å². The molecule has 0 radical (unpaired) electrons. The quantitative estimate of drug-likeness (QED) is 0.169. The SMILES string of the molecule is C=C1C=CC(=O)N1CCC(=O)C[C@@H](C)C(=O)NCCC(=O)Nc1cc(/C=C/COC(=O)C(C)(C)C)ccc1O[C@@H]1OC[C@@H](O)[C@H](O)[C@H]1O. The van der Waals surface area contributed by atoms with Gasteiger partial charge >= 0.3 is 5.97 Å². The maximum Gasteiger partial charge on any atom is 0.311 e. The Morgan fingerprint density at radius 1 is 1.12 bits per heavy atom. The van der Waals surface area contributed by atoms with E-state index >= 15 is 0 Å². The Morgan fingerprint density at radius 2 is 1.85 bits per heavy atom. The van der Waals surface area contributed by atoms with Crippen molar-refractivity contribution in [1.29, 1.82) is 0 Å². The van der Waals surface area contributed by atoms with Crippen molar-refractivity contribution in [2.45, 2.75) is 71.6 Å². The van der Waals surface area contributed by atoms with E-state index in [1.807, 2.05) is 0 Å². The number of Topliss-reactive ketones (excluding diaryl/α,β-unsaturated/α-hetero) is 1. The van der Waals surface area contributed by atoms with E-state index in [-0.39, 0.29) is 74.7 Å². The molecule has 14 nitrogen and oxygen atoms in total. The summed E-state index contributed by atoms with van der Waals surface area (Å²) in [6, 6.07) is 4.73. The lowest BCUT2D eigenvalue weighted by Gasteiger charge is -2.35. The summed E-state index contributed by atoms with van der Waals surface area (Å²) in [4.78, 5) is 63.1. The van der Waals surface area contributed by atoms with Gasteiger partial charge < -0.3 is 45.1 Å². The Kier molecular flexibility index (Phi) is 13.6. The molecule has 262 valence electrons. The van der Waals surface area contributed by atoms with Gasteiger partial charge in [0.1, 0.15) is 36.5 Å². The molecule has 0 spiro atoms.